The second kappa shape index (κ2) is 9.69. The van der Waals surface area contributed by atoms with Crippen molar-refractivity contribution in [1.82, 2.24) is 0 Å². The molecule has 0 bridgehead atoms. The quantitative estimate of drug-likeness (QED) is 0.430. The molecule has 0 aliphatic heterocycles. The summed E-state index contributed by atoms with van der Waals surface area (Å²) in [6.45, 7) is 1.98. The number of aldehydes is 1. The standard InChI is InChI=1S/C4H8O.Rb.H/c1-2-3-4-5;;/h4H,2-3H2,1H3;;/q;+1;-1. The van der Waals surface area contributed by atoms with Gasteiger partial charge >= 0.3 is 58.2 Å². The van der Waals surface area contributed by atoms with Gasteiger partial charge in [0.2, 0.25) is 0 Å². The van der Waals surface area contributed by atoms with Crippen molar-refractivity contribution < 1.29 is 64.4 Å². The van der Waals surface area contributed by atoms with E-state index in [-0.39, 0.29) is 59.6 Å². The zero-order valence-corrected chi connectivity index (χ0v) is 9.32. The first-order valence-corrected chi connectivity index (χ1v) is 1.85. The largest absolute Gasteiger partial charge is 1.00 e. The zero-order valence-electron chi connectivity index (χ0n) is 5.40. The molecule has 0 heterocycles. The van der Waals surface area contributed by atoms with Gasteiger partial charge in [-0.05, 0) is 6.42 Å². The third-order valence-corrected chi connectivity index (χ3v) is 0.407. The van der Waals surface area contributed by atoms with Crippen LogP contribution in [-0.4, -0.2) is 6.29 Å². The van der Waals surface area contributed by atoms with Gasteiger partial charge in [-0.15, -0.1) is 0 Å². The topological polar surface area (TPSA) is 17.1 Å². The molecule has 2 heteroatoms. The van der Waals surface area contributed by atoms with Crippen LogP contribution in [0.15, 0.2) is 0 Å². The van der Waals surface area contributed by atoms with Gasteiger partial charge in [0.1, 0.15) is 6.29 Å². The van der Waals surface area contributed by atoms with E-state index in [0.717, 1.165) is 12.7 Å². The predicted octanol–water partition coefficient (Wildman–Crippen LogP) is -1.90. The molecule has 0 spiro atoms. The Morgan fingerprint density at radius 1 is 1.83 bits per heavy atom. The Bertz CT molecular complexity index is 32.9. The van der Waals surface area contributed by atoms with Crippen LogP contribution in [0.4, 0.5) is 0 Å². The van der Waals surface area contributed by atoms with Crippen LogP contribution < -0.4 is 58.2 Å². The molecular weight excluding hydrogens is 150 g/mol. The summed E-state index contributed by atoms with van der Waals surface area (Å²) in [7, 11) is 0. The molecule has 0 aliphatic rings. The third kappa shape index (κ3) is 9.08. The summed E-state index contributed by atoms with van der Waals surface area (Å²) < 4.78 is 0. The van der Waals surface area contributed by atoms with Gasteiger partial charge in [-0.25, -0.2) is 0 Å². The van der Waals surface area contributed by atoms with E-state index in [1.807, 2.05) is 6.92 Å². The predicted molar refractivity (Wildman–Crippen MR) is 22.1 cm³/mol. The van der Waals surface area contributed by atoms with Crippen molar-refractivity contribution in [3.63, 3.8) is 0 Å². The maximum Gasteiger partial charge on any atom is 1.00 e. The van der Waals surface area contributed by atoms with Crippen molar-refractivity contribution in [2.75, 3.05) is 0 Å². The number of hydrogen-bond donors (Lipinski definition) is 0. The molecule has 0 radical (unpaired) electrons. The van der Waals surface area contributed by atoms with Crippen LogP contribution in [0, 0.1) is 0 Å². The van der Waals surface area contributed by atoms with Crippen molar-refractivity contribution in [3.05, 3.63) is 0 Å². The van der Waals surface area contributed by atoms with E-state index in [1.165, 1.54) is 0 Å². The van der Waals surface area contributed by atoms with Gasteiger partial charge in [0.15, 0.2) is 0 Å². The van der Waals surface area contributed by atoms with Crippen LogP contribution in [0.3, 0.4) is 0 Å². The summed E-state index contributed by atoms with van der Waals surface area (Å²) in [5, 5.41) is 0. The van der Waals surface area contributed by atoms with Crippen LogP contribution in [0.25, 0.3) is 0 Å². The summed E-state index contributed by atoms with van der Waals surface area (Å²) in [5.74, 6) is 0. The van der Waals surface area contributed by atoms with Gasteiger partial charge in [0, 0.05) is 6.42 Å². The second-order valence-corrected chi connectivity index (χ2v) is 0.955. The first-order chi connectivity index (χ1) is 2.41. The number of rotatable bonds is 2. The molecule has 0 unspecified atom stereocenters. The van der Waals surface area contributed by atoms with E-state index in [0.29, 0.717) is 6.42 Å². The Kier molecular flexibility index (Phi) is 16.9. The van der Waals surface area contributed by atoms with E-state index in [9.17, 15) is 4.79 Å². The minimum atomic E-state index is 0. The molecule has 0 N–H and O–H groups in total. The smallest absolute Gasteiger partial charge is 1.00 e. The number of hydrogen-bond acceptors (Lipinski definition) is 1. The van der Waals surface area contributed by atoms with Crippen molar-refractivity contribution in [2.45, 2.75) is 19.8 Å². The fraction of sp³-hybridized carbons (Fsp3) is 0.750. The Morgan fingerprint density at radius 3 is 2.33 bits per heavy atom. The van der Waals surface area contributed by atoms with Gasteiger partial charge < -0.3 is 6.22 Å². The minimum Gasteiger partial charge on any atom is -1.00 e. The first kappa shape index (κ1) is 10.5. The molecule has 0 saturated carbocycles. The Balaban J connectivity index is -0.0000000800. The number of carbonyl (C=O) groups is 1. The zero-order chi connectivity index (χ0) is 4.12. The van der Waals surface area contributed by atoms with Gasteiger partial charge in [-0.3, -0.25) is 0 Å². The van der Waals surface area contributed by atoms with Crippen LogP contribution >= 0.6 is 0 Å². The van der Waals surface area contributed by atoms with Crippen LogP contribution in [-0.2, 0) is 4.79 Å². The Morgan fingerprint density at radius 2 is 2.33 bits per heavy atom. The van der Waals surface area contributed by atoms with Crippen molar-refractivity contribution >= 4 is 6.29 Å². The molecule has 0 saturated heterocycles. The van der Waals surface area contributed by atoms with E-state index in [2.05, 4.69) is 0 Å². The fourth-order valence-corrected chi connectivity index (χ4v) is 0.118. The third-order valence-electron chi connectivity index (χ3n) is 0.407. The SMILES string of the molecule is CCCC=O.[H-].[Rb+]. The summed E-state index contributed by atoms with van der Waals surface area (Å²) in [4.78, 5) is 9.40. The van der Waals surface area contributed by atoms with Gasteiger partial charge in [-0.2, -0.15) is 0 Å². The summed E-state index contributed by atoms with van der Waals surface area (Å²) in [6.07, 6.45) is 2.61. The molecule has 0 aromatic rings. The first-order valence-electron chi connectivity index (χ1n) is 1.85. The van der Waals surface area contributed by atoms with Crippen molar-refractivity contribution in [1.29, 1.82) is 0 Å². The molecule has 6 heavy (non-hydrogen) atoms. The molecule has 1 nitrogen and oxygen atoms in total. The van der Waals surface area contributed by atoms with Gasteiger partial charge in [0.05, 0.1) is 0 Å². The van der Waals surface area contributed by atoms with Crippen molar-refractivity contribution in [3.8, 4) is 0 Å². The molecule has 0 rings (SSSR count). The maximum atomic E-state index is 9.40. The van der Waals surface area contributed by atoms with Crippen LogP contribution in [0.1, 0.15) is 21.2 Å². The van der Waals surface area contributed by atoms with Gasteiger partial charge in [-0.1, -0.05) is 6.92 Å². The molecular formula is C4H9ORb. The Hall–Kier alpha value is 1.48. The average molecular weight is 159 g/mol. The fourth-order valence-electron chi connectivity index (χ4n) is 0.118. The van der Waals surface area contributed by atoms with Crippen LogP contribution in [0.5, 0.6) is 0 Å². The van der Waals surface area contributed by atoms with Crippen LogP contribution in [0.2, 0.25) is 0 Å². The normalized spacial score (nSPS) is 6.17. The molecule has 0 aliphatic carbocycles. The summed E-state index contributed by atoms with van der Waals surface area (Å²) in [6, 6.07) is 0. The minimum absolute atomic E-state index is 0. The molecule has 0 aromatic heterocycles. The van der Waals surface area contributed by atoms with E-state index in [1.54, 1.807) is 0 Å². The monoisotopic (exact) mass is 158 g/mol. The number of unbranched alkanes of at least 4 members (excludes halogenated alkanes) is 1. The molecule has 0 aromatic carbocycles. The Labute approximate surface area is 88.8 Å². The second-order valence-electron chi connectivity index (χ2n) is 0.955. The maximum absolute atomic E-state index is 9.40. The molecule has 0 atom stereocenters. The van der Waals surface area contributed by atoms with E-state index < -0.39 is 0 Å². The van der Waals surface area contributed by atoms with E-state index >= 15 is 0 Å². The molecule has 0 amide bonds. The molecule has 32 valence electrons. The van der Waals surface area contributed by atoms with Gasteiger partial charge in [0.25, 0.3) is 0 Å². The summed E-state index contributed by atoms with van der Waals surface area (Å²) in [5.41, 5.74) is 0. The molecule has 0 fully saturated rings. The number of carbonyl (C=O) groups excluding carboxylic acids is 1. The van der Waals surface area contributed by atoms with E-state index in [4.69, 9.17) is 0 Å². The average Bonchev–Trinajstić information content (AvgIpc) is 1.41. The summed E-state index contributed by atoms with van der Waals surface area (Å²) >= 11 is 0. The van der Waals surface area contributed by atoms with Crippen molar-refractivity contribution in [2.24, 2.45) is 0 Å².